The number of benzene rings is 1. The van der Waals surface area contributed by atoms with E-state index in [1.807, 2.05) is 0 Å². The van der Waals surface area contributed by atoms with Crippen LogP contribution in [0, 0.1) is 11.8 Å². The Bertz CT molecular complexity index is 398. The molecule has 0 amide bonds. The van der Waals surface area contributed by atoms with E-state index in [0.717, 1.165) is 18.3 Å². The second kappa shape index (κ2) is 2.22. The van der Waals surface area contributed by atoms with Crippen molar-refractivity contribution in [1.82, 2.24) is 0 Å². The predicted octanol–water partition coefficient (Wildman–Crippen LogP) is 2.27. The lowest BCUT2D eigenvalue weighted by Gasteiger charge is -2.45. The van der Waals surface area contributed by atoms with Gasteiger partial charge in [0.15, 0.2) is 0 Å². The minimum Gasteiger partial charge on any atom is -0.393 e. The summed E-state index contributed by atoms with van der Waals surface area (Å²) in [5, 5.41) is 9.77. The number of rotatable bonds is 0. The summed E-state index contributed by atoms with van der Waals surface area (Å²) in [6.45, 7) is 0. The van der Waals surface area contributed by atoms with E-state index >= 15 is 0 Å². The quantitative estimate of drug-likeness (QED) is 0.659. The smallest absolute Gasteiger partial charge is 0.0580 e. The van der Waals surface area contributed by atoms with E-state index in [9.17, 15) is 5.11 Å². The van der Waals surface area contributed by atoms with Gasteiger partial charge in [-0.2, -0.15) is 0 Å². The molecule has 5 unspecified atom stereocenters. The third kappa shape index (κ3) is 0.651. The molecule has 14 heavy (non-hydrogen) atoms. The van der Waals surface area contributed by atoms with Gasteiger partial charge >= 0.3 is 0 Å². The summed E-state index contributed by atoms with van der Waals surface area (Å²) in [5.41, 5.74) is 3.13. The van der Waals surface area contributed by atoms with E-state index in [0.29, 0.717) is 11.8 Å². The highest BCUT2D eigenvalue weighted by molar-refractivity contribution is 5.44. The van der Waals surface area contributed by atoms with Gasteiger partial charge in [0.05, 0.1) is 6.10 Å². The van der Waals surface area contributed by atoms with Crippen LogP contribution in [0.3, 0.4) is 0 Å². The third-order valence-corrected chi connectivity index (χ3v) is 4.74. The largest absolute Gasteiger partial charge is 0.393 e. The monoisotopic (exact) mass is 186 g/mol. The van der Waals surface area contributed by atoms with Gasteiger partial charge in [-0.15, -0.1) is 0 Å². The summed E-state index contributed by atoms with van der Waals surface area (Å²) >= 11 is 0. The maximum absolute atomic E-state index is 9.77. The average molecular weight is 186 g/mol. The van der Waals surface area contributed by atoms with Crippen molar-refractivity contribution in [3.8, 4) is 0 Å². The van der Waals surface area contributed by atoms with E-state index in [4.69, 9.17) is 0 Å². The van der Waals surface area contributed by atoms with Crippen LogP contribution in [0.2, 0.25) is 0 Å². The van der Waals surface area contributed by atoms with Crippen molar-refractivity contribution in [2.45, 2.75) is 30.8 Å². The van der Waals surface area contributed by atoms with Gasteiger partial charge in [0.1, 0.15) is 0 Å². The average Bonchev–Trinajstić information content (AvgIpc) is 2.68. The van der Waals surface area contributed by atoms with E-state index in [2.05, 4.69) is 24.3 Å². The number of hydrogen-bond acceptors (Lipinski definition) is 1. The van der Waals surface area contributed by atoms with Gasteiger partial charge < -0.3 is 5.11 Å². The molecule has 3 aliphatic rings. The standard InChI is InChI=1S/C13H14O/c14-12-6-11-9-5-10(13(11)12)8-4-2-1-3-7(8)9/h1-4,9-14H,5-6H2. The molecule has 72 valence electrons. The molecule has 0 aliphatic heterocycles. The zero-order valence-corrected chi connectivity index (χ0v) is 8.06. The number of aliphatic hydroxyl groups excluding tert-OH is 1. The fraction of sp³-hybridized carbons (Fsp3) is 0.538. The van der Waals surface area contributed by atoms with Crippen molar-refractivity contribution in [1.29, 1.82) is 0 Å². The minimum absolute atomic E-state index is 0.00311. The molecule has 3 aliphatic carbocycles. The third-order valence-electron chi connectivity index (χ3n) is 4.74. The lowest BCUT2D eigenvalue weighted by molar-refractivity contribution is -0.0318. The number of fused-ring (bicyclic) bond motifs is 8. The molecule has 2 saturated carbocycles. The summed E-state index contributed by atoms with van der Waals surface area (Å²) in [7, 11) is 0. The minimum atomic E-state index is 0.00311. The Labute approximate surface area is 83.8 Å². The molecule has 0 radical (unpaired) electrons. The maximum Gasteiger partial charge on any atom is 0.0580 e. The van der Waals surface area contributed by atoms with Crippen LogP contribution in [0.1, 0.15) is 35.8 Å². The lowest BCUT2D eigenvalue weighted by Crippen LogP contribution is -2.43. The Kier molecular flexibility index (Phi) is 1.18. The Morgan fingerprint density at radius 2 is 1.71 bits per heavy atom. The number of hydrogen-bond donors (Lipinski definition) is 1. The molecule has 1 heteroatoms. The second-order valence-corrected chi connectivity index (χ2v) is 5.12. The predicted molar refractivity (Wildman–Crippen MR) is 54.1 cm³/mol. The lowest BCUT2D eigenvalue weighted by atomic mass is 9.62. The molecule has 0 saturated heterocycles. The highest BCUT2D eigenvalue weighted by atomic mass is 16.3. The summed E-state index contributed by atoms with van der Waals surface area (Å²) in [5.74, 6) is 2.88. The van der Waals surface area contributed by atoms with Crippen LogP contribution in [-0.2, 0) is 0 Å². The Balaban J connectivity index is 1.88. The van der Waals surface area contributed by atoms with E-state index in [-0.39, 0.29) is 6.10 Å². The molecule has 1 aromatic carbocycles. The zero-order valence-electron chi connectivity index (χ0n) is 8.06. The summed E-state index contributed by atoms with van der Waals surface area (Å²) in [6.07, 6.45) is 2.37. The Hall–Kier alpha value is -0.820. The van der Waals surface area contributed by atoms with E-state index in [1.165, 1.54) is 12.0 Å². The molecule has 5 atom stereocenters. The van der Waals surface area contributed by atoms with Gasteiger partial charge in [0.25, 0.3) is 0 Å². The number of aliphatic hydroxyl groups is 1. The first-order valence-electron chi connectivity index (χ1n) is 5.63. The van der Waals surface area contributed by atoms with Crippen LogP contribution in [0.5, 0.6) is 0 Å². The molecule has 4 rings (SSSR count). The second-order valence-electron chi connectivity index (χ2n) is 5.12. The van der Waals surface area contributed by atoms with Crippen molar-refractivity contribution < 1.29 is 5.11 Å². The first kappa shape index (κ1) is 7.47. The normalized spacial score (nSPS) is 47.1. The molecule has 1 N–H and O–H groups in total. The van der Waals surface area contributed by atoms with E-state index < -0.39 is 0 Å². The van der Waals surface area contributed by atoms with Gasteiger partial charge in [0, 0.05) is 0 Å². The Morgan fingerprint density at radius 1 is 1.00 bits per heavy atom. The first-order valence-corrected chi connectivity index (χ1v) is 5.63. The van der Waals surface area contributed by atoms with Crippen LogP contribution in [-0.4, -0.2) is 11.2 Å². The van der Waals surface area contributed by atoms with Crippen LogP contribution >= 0.6 is 0 Å². The molecule has 0 heterocycles. The molecule has 0 aromatic heterocycles. The summed E-state index contributed by atoms with van der Waals surface area (Å²) in [6, 6.07) is 8.85. The fourth-order valence-electron chi connectivity index (χ4n) is 4.17. The van der Waals surface area contributed by atoms with E-state index in [1.54, 1.807) is 5.56 Å². The van der Waals surface area contributed by atoms with Crippen molar-refractivity contribution in [2.24, 2.45) is 11.8 Å². The van der Waals surface area contributed by atoms with Crippen molar-refractivity contribution in [3.63, 3.8) is 0 Å². The van der Waals surface area contributed by atoms with Crippen molar-refractivity contribution in [2.75, 3.05) is 0 Å². The fourth-order valence-corrected chi connectivity index (χ4v) is 4.17. The van der Waals surface area contributed by atoms with Crippen molar-refractivity contribution >= 4 is 0 Å². The van der Waals surface area contributed by atoms with Gasteiger partial charge in [-0.3, -0.25) is 0 Å². The summed E-state index contributed by atoms with van der Waals surface area (Å²) in [4.78, 5) is 0. The molecule has 1 aromatic rings. The van der Waals surface area contributed by atoms with Crippen LogP contribution in [0.15, 0.2) is 24.3 Å². The molecular formula is C13H14O. The molecule has 1 nitrogen and oxygen atoms in total. The highest BCUT2D eigenvalue weighted by Gasteiger charge is 2.58. The maximum atomic E-state index is 9.77. The SMILES string of the molecule is OC1CC2C3CC(c4ccccc43)C12. The molecule has 2 bridgehead atoms. The molecule has 2 fully saturated rings. The Morgan fingerprint density at radius 3 is 2.43 bits per heavy atom. The van der Waals surface area contributed by atoms with Gasteiger partial charge in [-0.25, -0.2) is 0 Å². The molecular weight excluding hydrogens is 172 g/mol. The topological polar surface area (TPSA) is 20.2 Å². The highest BCUT2D eigenvalue weighted by Crippen LogP contribution is 2.66. The molecule has 0 spiro atoms. The first-order chi connectivity index (χ1) is 6.86. The summed E-state index contributed by atoms with van der Waals surface area (Å²) < 4.78 is 0. The van der Waals surface area contributed by atoms with Crippen molar-refractivity contribution in [3.05, 3.63) is 35.4 Å². The van der Waals surface area contributed by atoms with Gasteiger partial charge in [0.2, 0.25) is 0 Å². The van der Waals surface area contributed by atoms with Crippen LogP contribution < -0.4 is 0 Å². The zero-order chi connectivity index (χ0) is 9.28. The van der Waals surface area contributed by atoms with Crippen LogP contribution in [0.25, 0.3) is 0 Å². The van der Waals surface area contributed by atoms with Crippen LogP contribution in [0.4, 0.5) is 0 Å². The van der Waals surface area contributed by atoms with Gasteiger partial charge in [-0.1, -0.05) is 24.3 Å². The van der Waals surface area contributed by atoms with Gasteiger partial charge in [-0.05, 0) is 47.6 Å².